The molecule has 2 aromatic rings. The quantitative estimate of drug-likeness (QED) is 0.894. The van der Waals surface area contributed by atoms with Crippen LogP contribution in [0.5, 0.6) is 0 Å². The Kier molecular flexibility index (Phi) is 5.11. The van der Waals surface area contributed by atoms with Crippen molar-refractivity contribution in [3.8, 4) is 0 Å². The van der Waals surface area contributed by atoms with Crippen molar-refractivity contribution >= 4 is 17.4 Å². The molecule has 3 rings (SSSR count). The minimum absolute atomic E-state index is 0.0432. The maximum absolute atomic E-state index is 9.35. The highest BCUT2D eigenvalue weighted by Crippen LogP contribution is 2.40. The summed E-state index contributed by atoms with van der Waals surface area (Å²) < 4.78 is 1.92. The Balaban J connectivity index is 1.94. The molecule has 1 aliphatic rings. The fourth-order valence-electron chi connectivity index (χ4n) is 3.47. The fourth-order valence-corrected chi connectivity index (χ4v) is 3.84. The minimum Gasteiger partial charge on any atom is -0.390 e. The second-order valence-corrected chi connectivity index (χ2v) is 7.22. The molecule has 0 saturated carbocycles. The number of hydrogen-bond donors (Lipinski definition) is 1. The van der Waals surface area contributed by atoms with E-state index in [1.165, 1.54) is 0 Å². The third-order valence-electron chi connectivity index (χ3n) is 4.48. The first kappa shape index (κ1) is 17.2. The van der Waals surface area contributed by atoms with Gasteiger partial charge < -0.3 is 10.0 Å². The monoisotopic (exact) mass is 348 g/mol. The lowest BCUT2D eigenvalue weighted by Gasteiger charge is -2.26. The standard InChI is InChI=1S/C18H25ClN4O/c1-12(2)10-23-18(19)17(13(3)21-23)15-7-5-9-22(15)16-8-4-6-14(11-24)20-16/h4,6,8,12,15,24H,5,7,9-11H2,1-3H3. The molecule has 1 unspecified atom stereocenters. The van der Waals surface area contributed by atoms with Gasteiger partial charge in [-0.15, -0.1) is 0 Å². The Morgan fingerprint density at radius 1 is 1.38 bits per heavy atom. The van der Waals surface area contributed by atoms with Crippen LogP contribution in [0.1, 0.15) is 49.7 Å². The van der Waals surface area contributed by atoms with E-state index in [0.29, 0.717) is 11.6 Å². The van der Waals surface area contributed by atoms with Gasteiger partial charge >= 0.3 is 0 Å². The summed E-state index contributed by atoms with van der Waals surface area (Å²) in [6.07, 6.45) is 2.14. The number of nitrogens with zero attached hydrogens (tertiary/aromatic N) is 4. The van der Waals surface area contributed by atoms with Gasteiger partial charge in [0.05, 0.1) is 24.0 Å². The molecule has 1 saturated heterocycles. The van der Waals surface area contributed by atoms with Crippen LogP contribution in [0.2, 0.25) is 5.15 Å². The molecule has 0 aromatic carbocycles. The summed E-state index contributed by atoms with van der Waals surface area (Å²) in [5.74, 6) is 1.40. The molecular formula is C18H25ClN4O. The predicted octanol–water partition coefficient (Wildman–Crippen LogP) is 3.73. The van der Waals surface area contributed by atoms with Gasteiger partial charge in [0.1, 0.15) is 11.0 Å². The van der Waals surface area contributed by atoms with Crippen molar-refractivity contribution < 1.29 is 5.11 Å². The molecule has 1 atom stereocenters. The minimum atomic E-state index is -0.0432. The molecule has 2 aromatic heterocycles. The van der Waals surface area contributed by atoms with Gasteiger partial charge in [-0.1, -0.05) is 31.5 Å². The van der Waals surface area contributed by atoms with Crippen LogP contribution in [0.3, 0.4) is 0 Å². The van der Waals surface area contributed by atoms with Crippen molar-refractivity contribution in [1.82, 2.24) is 14.8 Å². The highest BCUT2D eigenvalue weighted by molar-refractivity contribution is 6.30. The summed E-state index contributed by atoms with van der Waals surface area (Å²) in [5.41, 5.74) is 2.80. The van der Waals surface area contributed by atoms with Crippen LogP contribution in [0.15, 0.2) is 18.2 Å². The van der Waals surface area contributed by atoms with Crippen LogP contribution < -0.4 is 4.90 Å². The molecule has 0 bridgehead atoms. The van der Waals surface area contributed by atoms with Crippen LogP contribution in [-0.4, -0.2) is 26.4 Å². The summed E-state index contributed by atoms with van der Waals surface area (Å²) in [6, 6.07) is 5.98. The number of aliphatic hydroxyl groups excluding tert-OH is 1. The van der Waals surface area contributed by atoms with Crippen molar-refractivity contribution in [2.75, 3.05) is 11.4 Å². The topological polar surface area (TPSA) is 54.2 Å². The van der Waals surface area contributed by atoms with Crippen LogP contribution >= 0.6 is 11.6 Å². The number of anilines is 1. The number of rotatable bonds is 5. The number of pyridine rings is 1. The highest BCUT2D eigenvalue weighted by atomic mass is 35.5. The molecule has 1 N–H and O–H groups in total. The van der Waals surface area contributed by atoms with Crippen LogP contribution in [-0.2, 0) is 13.2 Å². The zero-order chi connectivity index (χ0) is 17.3. The molecule has 130 valence electrons. The van der Waals surface area contributed by atoms with Gasteiger partial charge in [0.15, 0.2) is 0 Å². The molecular weight excluding hydrogens is 324 g/mol. The van der Waals surface area contributed by atoms with Gasteiger partial charge in [-0.3, -0.25) is 4.68 Å². The Morgan fingerprint density at radius 3 is 2.88 bits per heavy atom. The summed E-state index contributed by atoms with van der Waals surface area (Å²) in [4.78, 5) is 6.86. The molecule has 24 heavy (non-hydrogen) atoms. The Bertz CT molecular complexity index is 713. The second-order valence-electron chi connectivity index (χ2n) is 6.86. The van der Waals surface area contributed by atoms with Gasteiger partial charge in [0.25, 0.3) is 0 Å². The Hall–Kier alpha value is -1.59. The molecule has 1 aliphatic heterocycles. The van der Waals surface area contributed by atoms with Crippen molar-refractivity contribution in [2.45, 2.75) is 52.8 Å². The first-order valence-electron chi connectivity index (χ1n) is 8.57. The van der Waals surface area contributed by atoms with Crippen molar-refractivity contribution in [3.63, 3.8) is 0 Å². The van der Waals surface area contributed by atoms with Gasteiger partial charge in [0, 0.05) is 18.7 Å². The number of aromatic nitrogens is 3. The average molecular weight is 349 g/mol. The van der Waals surface area contributed by atoms with Crippen molar-refractivity contribution in [3.05, 3.63) is 40.3 Å². The Labute approximate surface area is 148 Å². The average Bonchev–Trinajstić information content (AvgIpc) is 3.12. The van der Waals surface area contributed by atoms with E-state index in [9.17, 15) is 5.11 Å². The third-order valence-corrected chi connectivity index (χ3v) is 4.88. The van der Waals surface area contributed by atoms with E-state index in [1.54, 1.807) is 0 Å². The summed E-state index contributed by atoms with van der Waals surface area (Å²) in [7, 11) is 0. The molecule has 0 amide bonds. The van der Waals surface area contributed by atoms with E-state index < -0.39 is 0 Å². The highest BCUT2D eigenvalue weighted by Gasteiger charge is 2.32. The number of aliphatic hydroxyl groups is 1. The fraction of sp³-hybridized carbons (Fsp3) is 0.556. The number of halogens is 1. The zero-order valence-corrected chi connectivity index (χ0v) is 15.3. The van der Waals surface area contributed by atoms with E-state index in [1.807, 2.05) is 29.8 Å². The van der Waals surface area contributed by atoms with Gasteiger partial charge in [-0.2, -0.15) is 5.10 Å². The largest absolute Gasteiger partial charge is 0.390 e. The van der Waals surface area contributed by atoms with E-state index >= 15 is 0 Å². The van der Waals surface area contributed by atoms with Gasteiger partial charge in [0.2, 0.25) is 0 Å². The normalized spacial score (nSPS) is 17.9. The first-order chi connectivity index (χ1) is 11.5. The maximum Gasteiger partial charge on any atom is 0.132 e. The third kappa shape index (κ3) is 3.28. The molecule has 0 radical (unpaired) electrons. The summed E-state index contributed by atoms with van der Waals surface area (Å²) >= 11 is 6.68. The molecule has 3 heterocycles. The Morgan fingerprint density at radius 2 is 2.17 bits per heavy atom. The molecule has 5 nitrogen and oxygen atoms in total. The lowest BCUT2D eigenvalue weighted by molar-refractivity contribution is 0.277. The first-order valence-corrected chi connectivity index (χ1v) is 8.95. The zero-order valence-electron chi connectivity index (χ0n) is 14.5. The lowest BCUT2D eigenvalue weighted by Crippen LogP contribution is -2.24. The van der Waals surface area contributed by atoms with Gasteiger partial charge in [-0.25, -0.2) is 4.98 Å². The van der Waals surface area contributed by atoms with Crippen molar-refractivity contribution in [2.24, 2.45) is 5.92 Å². The molecule has 6 heteroatoms. The maximum atomic E-state index is 9.35. The van der Waals surface area contributed by atoms with Crippen LogP contribution in [0, 0.1) is 12.8 Å². The number of hydrogen-bond acceptors (Lipinski definition) is 4. The van der Waals surface area contributed by atoms with E-state index in [-0.39, 0.29) is 12.6 Å². The predicted molar refractivity (Wildman–Crippen MR) is 96.3 cm³/mol. The van der Waals surface area contributed by atoms with E-state index in [2.05, 4.69) is 28.8 Å². The van der Waals surface area contributed by atoms with E-state index in [0.717, 1.165) is 48.2 Å². The summed E-state index contributed by atoms with van der Waals surface area (Å²) in [5, 5.41) is 14.7. The lowest BCUT2D eigenvalue weighted by atomic mass is 10.1. The van der Waals surface area contributed by atoms with Gasteiger partial charge in [-0.05, 0) is 37.8 Å². The molecule has 0 aliphatic carbocycles. The molecule has 1 fully saturated rings. The van der Waals surface area contributed by atoms with Crippen LogP contribution in [0.4, 0.5) is 5.82 Å². The van der Waals surface area contributed by atoms with Crippen LogP contribution in [0.25, 0.3) is 0 Å². The van der Waals surface area contributed by atoms with E-state index in [4.69, 9.17) is 11.6 Å². The second kappa shape index (κ2) is 7.11. The molecule has 0 spiro atoms. The van der Waals surface area contributed by atoms with Crippen molar-refractivity contribution in [1.29, 1.82) is 0 Å². The smallest absolute Gasteiger partial charge is 0.132 e. The number of aryl methyl sites for hydroxylation is 1. The SMILES string of the molecule is Cc1nn(CC(C)C)c(Cl)c1C1CCCN1c1cccc(CO)n1. The summed E-state index contributed by atoms with van der Waals surface area (Å²) in [6.45, 7) is 8.09.